The Morgan fingerprint density at radius 2 is 1.63 bits per heavy atom. The largest absolute Gasteiger partial charge is 0.335 e. The fourth-order valence-corrected chi connectivity index (χ4v) is 3.84. The van der Waals surface area contributed by atoms with E-state index in [4.69, 9.17) is 0 Å². The first-order valence-electron chi connectivity index (χ1n) is 10.9. The molecule has 6 heteroatoms. The number of hydrogen-bond acceptors (Lipinski definition) is 3. The van der Waals surface area contributed by atoms with Crippen LogP contribution in [0.15, 0.2) is 54.6 Å². The van der Waals surface area contributed by atoms with Crippen LogP contribution in [0.5, 0.6) is 0 Å². The summed E-state index contributed by atoms with van der Waals surface area (Å²) in [5.74, 6) is 0.271. The van der Waals surface area contributed by atoms with Crippen molar-refractivity contribution >= 4 is 17.6 Å². The van der Waals surface area contributed by atoms with Crippen molar-refractivity contribution in [3.05, 3.63) is 65.7 Å². The smallest absolute Gasteiger partial charge is 0.315 e. The lowest BCUT2D eigenvalue weighted by atomic mass is 10.0. The maximum Gasteiger partial charge on any atom is 0.315 e. The fraction of sp³-hybridized carbons (Fsp3) is 0.417. The molecular formula is C24H30N4O2. The van der Waals surface area contributed by atoms with Crippen molar-refractivity contribution in [3.8, 4) is 0 Å². The molecule has 0 unspecified atom stereocenters. The highest BCUT2D eigenvalue weighted by Gasteiger charge is 2.29. The number of urea groups is 1. The molecule has 1 aliphatic heterocycles. The van der Waals surface area contributed by atoms with E-state index in [1.54, 1.807) is 0 Å². The molecule has 30 heavy (non-hydrogen) atoms. The van der Waals surface area contributed by atoms with Crippen molar-refractivity contribution in [3.63, 3.8) is 0 Å². The minimum Gasteiger partial charge on any atom is -0.335 e. The number of carbonyl (C=O) groups is 2. The van der Waals surface area contributed by atoms with Crippen LogP contribution in [0.3, 0.4) is 0 Å². The third-order valence-electron chi connectivity index (χ3n) is 5.77. The number of nitrogens with zero attached hydrogens (tertiary/aromatic N) is 1. The summed E-state index contributed by atoms with van der Waals surface area (Å²) in [6.45, 7) is 3.38. The van der Waals surface area contributed by atoms with E-state index in [0.29, 0.717) is 6.54 Å². The molecule has 2 fully saturated rings. The maximum atomic E-state index is 12.3. The molecule has 0 bridgehead atoms. The topological polar surface area (TPSA) is 73.5 Å². The molecule has 6 nitrogen and oxygen atoms in total. The van der Waals surface area contributed by atoms with Crippen LogP contribution in [0.4, 0.5) is 10.5 Å². The Labute approximate surface area is 178 Å². The van der Waals surface area contributed by atoms with Crippen LogP contribution < -0.4 is 16.0 Å². The van der Waals surface area contributed by atoms with Gasteiger partial charge in [-0.2, -0.15) is 0 Å². The minimum atomic E-state index is -0.135. The highest BCUT2D eigenvalue weighted by molar-refractivity contribution is 5.94. The summed E-state index contributed by atoms with van der Waals surface area (Å²) >= 11 is 0. The van der Waals surface area contributed by atoms with Gasteiger partial charge in [0.25, 0.3) is 0 Å². The zero-order valence-electron chi connectivity index (χ0n) is 17.3. The molecule has 2 aromatic rings. The van der Waals surface area contributed by atoms with Crippen LogP contribution in [-0.4, -0.2) is 36.0 Å². The Morgan fingerprint density at radius 3 is 2.37 bits per heavy atom. The molecule has 1 aliphatic carbocycles. The van der Waals surface area contributed by atoms with Crippen molar-refractivity contribution in [2.45, 2.75) is 44.8 Å². The van der Waals surface area contributed by atoms with E-state index in [1.165, 1.54) is 5.56 Å². The fourth-order valence-electron chi connectivity index (χ4n) is 3.84. The molecular weight excluding hydrogens is 376 g/mol. The lowest BCUT2D eigenvalue weighted by Crippen LogP contribution is -2.47. The van der Waals surface area contributed by atoms with Crippen molar-refractivity contribution < 1.29 is 9.59 Å². The summed E-state index contributed by atoms with van der Waals surface area (Å²) in [4.78, 5) is 26.7. The minimum absolute atomic E-state index is 0.0939. The van der Waals surface area contributed by atoms with Crippen molar-refractivity contribution in [1.82, 2.24) is 15.5 Å². The van der Waals surface area contributed by atoms with Crippen LogP contribution in [0.1, 0.15) is 36.8 Å². The molecule has 0 aromatic heterocycles. The van der Waals surface area contributed by atoms with Crippen molar-refractivity contribution in [2.24, 2.45) is 5.92 Å². The summed E-state index contributed by atoms with van der Waals surface area (Å²) in [5.41, 5.74) is 3.09. The lowest BCUT2D eigenvalue weighted by Gasteiger charge is -2.32. The maximum absolute atomic E-state index is 12.3. The molecule has 0 spiro atoms. The Balaban J connectivity index is 1.17. The second-order valence-electron chi connectivity index (χ2n) is 8.33. The van der Waals surface area contributed by atoms with Gasteiger partial charge in [-0.15, -0.1) is 0 Å². The predicted molar refractivity (Wildman–Crippen MR) is 118 cm³/mol. The average Bonchev–Trinajstić information content (AvgIpc) is 3.60. The molecule has 4 rings (SSSR count). The first-order valence-corrected chi connectivity index (χ1v) is 10.9. The molecule has 2 aromatic carbocycles. The Kier molecular flexibility index (Phi) is 6.64. The van der Waals surface area contributed by atoms with E-state index in [-0.39, 0.29) is 23.9 Å². The Bertz CT molecular complexity index is 859. The lowest BCUT2D eigenvalue weighted by molar-refractivity contribution is -0.117. The molecule has 1 saturated carbocycles. The second-order valence-corrected chi connectivity index (χ2v) is 8.33. The van der Waals surface area contributed by atoms with E-state index in [1.807, 2.05) is 30.3 Å². The SMILES string of the molecule is O=C(NCc1cccc(NC(=O)C2CC2)c1)NC1CCN(Cc2ccccc2)CC1. The number of carbonyl (C=O) groups excluding carboxylic acids is 2. The van der Waals surface area contributed by atoms with Gasteiger partial charge < -0.3 is 16.0 Å². The molecule has 0 atom stereocenters. The third kappa shape index (κ3) is 6.07. The van der Waals surface area contributed by atoms with Gasteiger partial charge in [0.15, 0.2) is 0 Å². The zero-order chi connectivity index (χ0) is 20.8. The van der Waals surface area contributed by atoms with Gasteiger partial charge in [-0.1, -0.05) is 42.5 Å². The number of nitrogens with one attached hydrogen (secondary N) is 3. The third-order valence-corrected chi connectivity index (χ3v) is 5.77. The number of piperidine rings is 1. The van der Waals surface area contributed by atoms with Gasteiger partial charge in [0.05, 0.1) is 0 Å². The molecule has 2 aliphatic rings. The standard InChI is InChI=1S/C24H30N4O2/c29-23(20-9-10-20)26-22-8-4-7-19(15-22)16-25-24(30)27-21-11-13-28(14-12-21)17-18-5-2-1-3-6-18/h1-8,15,20-21H,9-14,16-17H2,(H,26,29)(H2,25,27,30). The monoisotopic (exact) mass is 406 g/mol. The first-order chi connectivity index (χ1) is 14.7. The summed E-state index contributed by atoms with van der Waals surface area (Å²) in [7, 11) is 0. The molecule has 3 N–H and O–H groups in total. The Morgan fingerprint density at radius 1 is 0.900 bits per heavy atom. The first kappa shape index (κ1) is 20.4. The van der Waals surface area contributed by atoms with Crippen LogP contribution in [0.25, 0.3) is 0 Å². The number of rotatable bonds is 7. The van der Waals surface area contributed by atoms with Crippen LogP contribution >= 0.6 is 0 Å². The highest BCUT2D eigenvalue weighted by atomic mass is 16.2. The summed E-state index contributed by atoms with van der Waals surface area (Å²) in [5, 5.41) is 8.98. The van der Waals surface area contributed by atoms with Crippen molar-refractivity contribution in [2.75, 3.05) is 18.4 Å². The number of benzene rings is 2. The van der Waals surface area contributed by atoms with E-state index in [9.17, 15) is 9.59 Å². The van der Waals surface area contributed by atoms with E-state index < -0.39 is 0 Å². The quantitative estimate of drug-likeness (QED) is 0.659. The van der Waals surface area contributed by atoms with Gasteiger partial charge in [-0.25, -0.2) is 4.79 Å². The van der Waals surface area contributed by atoms with Crippen LogP contribution in [0, 0.1) is 5.92 Å². The van der Waals surface area contributed by atoms with E-state index >= 15 is 0 Å². The normalized spacial score (nSPS) is 17.3. The van der Waals surface area contributed by atoms with Gasteiger partial charge >= 0.3 is 6.03 Å². The zero-order valence-corrected chi connectivity index (χ0v) is 17.3. The highest BCUT2D eigenvalue weighted by Crippen LogP contribution is 2.30. The molecule has 1 saturated heterocycles. The number of likely N-dealkylation sites (tertiary alicyclic amines) is 1. The predicted octanol–water partition coefficient (Wildman–Crippen LogP) is 3.50. The van der Waals surface area contributed by atoms with Crippen LogP contribution in [0.2, 0.25) is 0 Å². The number of amides is 3. The summed E-state index contributed by atoms with van der Waals surface area (Å²) in [6.07, 6.45) is 3.89. The van der Waals surface area contributed by atoms with Crippen LogP contribution in [-0.2, 0) is 17.9 Å². The van der Waals surface area contributed by atoms with E-state index in [0.717, 1.165) is 56.6 Å². The second kappa shape index (κ2) is 9.76. The summed E-state index contributed by atoms with van der Waals surface area (Å²) in [6, 6.07) is 18.2. The number of anilines is 1. The van der Waals surface area contributed by atoms with Gasteiger partial charge in [0.2, 0.25) is 5.91 Å². The van der Waals surface area contributed by atoms with Gasteiger partial charge in [0, 0.05) is 43.8 Å². The summed E-state index contributed by atoms with van der Waals surface area (Å²) < 4.78 is 0. The average molecular weight is 407 g/mol. The van der Waals surface area contributed by atoms with Crippen molar-refractivity contribution in [1.29, 1.82) is 0 Å². The molecule has 158 valence electrons. The Hall–Kier alpha value is -2.86. The van der Waals surface area contributed by atoms with Gasteiger partial charge in [0.1, 0.15) is 0 Å². The van der Waals surface area contributed by atoms with E-state index in [2.05, 4.69) is 45.1 Å². The number of hydrogen-bond donors (Lipinski definition) is 3. The van der Waals surface area contributed by atoms with Gasteiger partial charge in [-0.3, -0.25) is 9.69 Å². The van der Waals surface area contributed by atoms with Gasteiger partial charge in [-0.05, 0) is 48.9 Å². The molecule has 3 amide bonds. The molecule has 0 radical (unpaired) electrons. The molecule has 1 heterocycles.